The summed E-state index contributed by atoms with van der Waals surface area (Å²) in [6.45, 7) is 7.32. The van der Waals surface area contributed by atoms with E-state index < -0.39 is 18.0 Å². The lowest BCUT2D eigenvalue weighted by atomic mass is 10.1. The summed E-state index contributed by atoms with van der Waals surface area (Å²) in [5.41, 5.74) is 4.35. The lowest BCUT2D eigenvalue weighted by Gasteiger charge is -2.15. The Morgan fingerprint density at radius 3 is 2.19 bits per heavy atom. The highest BCUT2D eigenvalue weighted by Gasteiger charge is 2.19. The Labute approximate surface area is 159 Å². The zero-order valence-corrected chi connectivity index (χ0v) is 16.2. The highest BCUT2D eigenvalue weighted by Crippen LogP contribution is 2.16. The Bertz CT molecular complexity index is 840. The molecule has 1 atom stereocenters. The van der Waals surface area contributed by atoms with E-state index in [1.165, 1.54) is 6.92 Å². The van der Waals surface area contributed by atoms with Crippen LogP contribution in [0.5, 0.6) is 0 Å². The second-order valence-electron chi connectivity index (χ2n) is 6.73. The van der Waals surface area contributed by atoms with Gasteiger partial charge in [0.2, 0.25) is 0 Å². The zero-order valence-electron chi connectivity index (χ0n) is 16.2. The minimum atomic E-state index is -0.937. The third kappa shape index (κ3) is 6.06. The van der Waals surface area contributed by atoms with Gasteiger partial charge in [0.05, 0.1) is 6.42 Å². The van der Waals surface area contributed by atoms with Gasteiger partial charge in [-0.25, -0.2) is 0 Å². The monoisotopic (exact) mass is 367 g/mol. The molecular formula is C22H25NO4. The van der Waals surface area contributed by atoms with Crippen LogP contribution in [-0.4, -0.2) is 23.8 Å². The minimum absolute atomic E-state index is 0.0489. The second-order valence-corrected chi connectivity index (χ2v) is 6.73. The molecule has 1 amide bonds. The maximum atomic E-state index is 12.2. The summed E-state index contributed by atoms with van der Waals surface area (Å²) in [5.74, 6) is -1.10. The molecule has 0 aliphatic rings. The largest absolute Gasteiger partial charge is 0.453 e. The van der Waals surface area contributed by atoms with Crippen molar-refractivity contribution in [2.45, 2.75) is 46.6 Å². The first kappa shape index (κ1) is 20.4. The molecule has 0 aliphatic heterocycles. The standard InChI is InChI=1S/C22H25NO4/c1-14-5-8-18(9-6-14)20(24)11-12-21(25)27-17(4)22(26)23-19-10-7-15(2)13-16(19)3/h5-10,13,17H,11-12H2,1-4H3,(H,23,26)/t17-/m1/s1. The molecule has 0 fully saturated rings. The highest BCUT2D eigenvalue weighted by molar-refractivity contribution is 5.98. The fourth-order valence-corrected chi connectivity index (χ4v) is 2.60. The number of amides is 1. The molecule has 2 rings (SSSR count). The molecule has 0 bridgehead atoms. The predicted molar refractivity (Wildman–Crippen MR) is 105 cm³/mol. The van der Waals surface area contributed by atoms with Gasteiger partial charge in [-0.1, -0.05) is 47.5 Å². The molecule has 2 aromatic carbocycles. The van der Waals surface area contributed by atoms with Gasteiger partial charge in [-0.3, -0.25) is 14.4 Å². The van der Waals surface area contributed by atoms with Gasteiger partial charge in [-0.2, -0.15) is 0 Å². The number of aryl methyl sites for hydroxylation is 3. The van der Waals surface area contributed by atoms with Crippen molar-refractivity contribution in [3.8, 4) is 0 Å². The fraction of sp³-hybridized carbons (Fsp3) is 0.318. The Morgan fingerprint density at radius 1 is 0.926 bits per heavy atom. The molecular weight excluding hydrogens is 342 g/mol. The SMILES string of the molecule is Cc1ccc(C(=O)CCC(=O)O[C@H](C)C(=O)Nc2ccc(C)cc2C)cc1. The van der Waals surface area contributed by atoms with Crippen LogP contribution >= 0.6 is 0 Å². The average molecular weight is 367 g/mol. The molecule has 0 unspecified atom stereocenters. The number of esters is 1. The number of anilines is 1. The first-order valence-electron chi connectivity index (χ1n) is 8.93. The molecule has 0 aromatic heterocycles. The van der Waals surface area contributed by atoms with Crippen molar-refractivity contribution >= 4 is 23.3 Å². The van der Waals surface area contributed by atoms with Crippen molar-refractivity contribution in [3.05, 3.63) is 64.7 Å². The minimum Gasteiger partial charge on any atom is -0.453 e. The van der Waals surface area contributed by atoms with Gasteiger partial charge in [-0.05, 0) is 39.3 Å². The summed E-state index contributed by atoms with van der Waals surface area (Å²) in [7, 11) is 0. The molecule has 0 saturated heterocycles. The van der Waals surface area contributed by atoms with Crippen molar-refractivity contribution in [1.29, 1.82) is 0 Å². The molecule has 5 nitrogen and oxygen atoms in total. The van der Waals surface area contributed by atoms with E-state index in [0.717, 1.165) is 16.7 Å². The molecule has 1 N–H and O–H groups in total. The van der Waals surface area contributed by atoms with Crippen LogP contribution in [0.15, 0.2) is 42.5 Å². The van der Waals surface area contributed by atoms with Gasteiger partial charge in [0.15, 0.2) is 11.9 Å². The molecule has 2 aromatic rings. The van der Waals surface area contributed by atoms with Crippen molar-refractivity contribution in [3.63, 3.8) is 0 Å². The number of nitrogens with one attached hydrogen (secondary N) is 1. The van der Waals surface area contributed by atoms with Crippen LogP contribution in [0, 0.1) is 20.8 Å². The van der Waals surface area contributed by atoms with Gasteiger partial charge < -0.3 is 10.1 Å². The van der Waals surface area contributed by atoms with E-state index in [-0.39, 0.29) is 18.6 Å². The number of ketones is 1. The molecule has 0 radical (unpaired) electrons. The number of carbonyl (C=O) groups is 3. The second kappa shape index (κ2) is 9.12. The summed E-state index contributed by atoms with van der Waals surface area (Å²) in [5, 5.41) is 2.76. The van der Waals surface area contributed by atoms with Gasteiger partial charge in [0, 0.05) is 17.7 Å². The Kier molecular flexibility index (Phi) is 6.88. The summed E-state index contributed by atoms with van der Waals surface area (Å²) < 4.78 is 5.15. The van der Waals surface area contributed by atoms with E-state index in [2.05, 4.69) is 5.32 Å². The fourth-order valence-electron chi connectivity index (χ4n) is 2.60. The topological polar surface area (TPSA) is 72.5 Å². The van der Waals surface area contributed by atoms with Crippen molar-refractivity contribution in [2.24, 2.45) is 0 Å². The molecule has 27 heavy (non-hydrogen) atoms. The average Bonchev–Trinajstić information content (AvgIpc) is 2.62. The molecule has 0 spiro atoms. The van der Waals surface area contributed by atoms with Gasteiger partial charge >= 0.3 is 5.97 Å². The Morgan fingerprint density at radius 2 is 1.56 bits per heavy atom. The normalized spacial score (nSPS) is 11.6. The van der Waals surface area contributed by atoms with Crippen LogP contribution in [0.3, 0.4) is 0 Å². The van der Waals surface area contributed by atoms with Crippen LogP contribution in [0.1, 0.15) is 46.8 Å². The van der Waals surface area contributed by atoms with Gasteiger partial charge in [-0.15, -0.1) is 0 Å². The predicted octanol–water partition coefficient (Wildman–Crippen LogP) is 4.15. The number of hydrogen-bond donors (Lipinski definition) is 1. The summed E-state index contributed by atoms with van der Waals surface area (Å²) >= 11 is 0. The van der Waals surface area contributed by atoms with E-state index in [9.17, 15) is 14.4 Å². The number of hydrogen-bond acceptors (Lipinski definition) is 4. The van der Waals surface area contributed by atoms with Crippen LogP contribution in [-0.2, 0) is 14.3 Å². The Hall–Kier alpha value is -2.95. The Balaban J connectivity index is 1.82. The third-order valence-corrected chi connectivity index (χ3v) is 4.25. The van der Waals surface area contributed by atoms with E-state index >= 15 is 0 Å². The van der Waals surface area contributed by atoms with E-state index in [1.54, 1.807) is 12.1 Å². The molecule has 0 heterocycles. The zero-order chi connectivity index (χ0) is 20.0. The maximum absolute atomic E-state index is 12.2. The number of ether oxygens (including phenoxy) is 1. The van der Waals surface area contributed by atoms with E-state index in [4.69, 9.17) is 4.74 Å². The molecule has 142 valence electrons. The number of benzene rings is 2. The molecule has 0 aliphatic carbocycles. The molecule has 0 saturated carbocycles. The summed E-state index contributed by atoms with van der Waals surface area (Å²) in [4.78, 5) is 36.3. The first-order valence-corrected chi connectivity index (χ1v) is 8.93. The van der Waals surface area contributed by atoms with Crippen LogP contribution in [0.25, 0.3) is 0 Å². The van der Waals surface area contributed by atoms with Gasteiger partial charge in [0.1, 0.15) is 0 Å². The van der Waals surface area contributed by atoms with Crippen LogP contribution < -0.4 is 5.32 Å². The van der Waals surface area contributed by atoms with Crippen LogP contribution in [0.2, 0.25) is 0 Å². The van der Waals surface area contributed by atoms with Crippen molar-refractivity contribution < 1.29 is 19.1 Å². The maximum Gasteiger partial charge on any atom is 0.307 e. The number of Topliss-reactive ketones (excluding diaryl/α,β-unsaturated/α-hetero) is 1. The lowest BCUT2D eigenvalue weighted by molar-refractivity contribution is -0.153. The number of rotatable bonds is 7. The summed E-state index contributed by atoms with van der Waals surface area (Å²) in [6, 6.07) is 12.9. The van der Waals surface area contributed by atoms with Crippen molar-refractivity contribution in [2.75, 3.05) is 5.32 Å². The van der Waals surface area contributed by atoms with Crippen LogP contribution in [0.4, 0.5) is 5.69 Å². The van der Waals surface area contributed by atoms with Crippen molar-refractivity contribution in [1.82, 2.24) is 0 Å². The van der Waals surface area contributed by atoms with E-state index in [0.29, 0.717) is 11.3 Å². The smallest absolute Gasteiger partial charge is 0.307 e. The quantitative estimate of drug-likeness (QED) is 0.589. The number of carbonyl (C=O) groups excluding carboxylic acids is 3. The molecule has 5 heteroatoms. The third-order valence-electron chi connectivity index (χ3n) is 4.25. The highest BCUT2D eigenvalue weighted by atomic mass is 16.5. The first-order chi connectivity index (χ1) is 12.8. The lowest BCUT2D eigenvalue weighted by Crippen LogP contribution is -2.30. The van der Waals surface area contributed by atoms with E-state index in [1.807, 2.05) is 51.1 Å². The van der Waals surface area contributed by atoms with Gasteiger partial charge in [0.25, 0.3) is 5.91 Å². The summed E-state index contributed by atoms with van der Waals surface area (Å²) in [6.07, 6.45) is -0.950.